The van der Waals surface area contributed by atoms with Crippen LogP contribution in [0.1, 0.15) is 17.5 Å². The second-order valence-corrected chi connectivity index (χ2v) is 5.18. The topological polar surface area (TPSA) is 40.6 Å². The third-order valence-corrected chi connectivity index (χ3v) is 3.38. The van der Waals surface area contributed by atoms with Crippen molar-refractivity contribution in [1.82, 2.24) is 4.98 Å². The van der Waals surface area contributed by atoms with Crippen LogP contribution in [0.4, 0.5) is 0 Å². The molecule has 1 aromatic carbocycles. The number of hydrogen-bond acceptors (Lipinski definition) is 4. The fraction of sp³-hybridized carbons (Fsp3) is 0.267. The van der Waals surface area contributed by atoms with Crippen molar-refractivity contribution in [2.75, 3.05) is 13.2 Å². The minimum atomic E-state index is -0.446. The fourth-order valence-corrected chi connectivity index (χ4v) is 2.30. The van der Waals surface area contributed by atoms with Crippen molar-refractivity contribution in [3.8, 4) is 5.75 Å². The first-order valence-corrected chi connectivity index (χ1v) is 7.18. The van der Waals surface area contributed by atoms with Crippen molar-refractivity contribution in [3.63, 3.8) is 0 Å². The highest BCUT2D eigenvalue weighted by molar-refractivity contribution is 9.10. The average Bonchev–Trinajstić information content (AvgIpc) is 3.01. The van der Waals surface area contributed by atoms with Gasteiger partial charge in [0.1, 0.15) is 22.7 Å². The molecule has 0 spiro atoms. The van der Waals surface area contributed by atoms with Crippen LogP contribution in [0, 0.1) is 0 Å². The number of pyridine rings is 1. The van der Waals surface area contributed by atoms with Crippen molar-refractivity contribution in [2.45, 2.75) is 12.9 Å². The van der Waals surface area contributed by atoms with E-state index in [1.165, 1.54) is 0 Å². The fourth-order valence-electron chi connectivity index (χ4n) is 1.98. The number of hydrogen-bond donors (Lipinski definition) is 0. The molecule has 0 aliphatic carbocycles. The van der Waals surface area contributed by atoms with Gasteiger partial charge in [-0.05, 0) is 33.6 Å². The highest BCUT2D eigenvalue weighted by atomic mass is 79.9. The molecule has 0 bridgehead atoms. The van der Waals surface area contributed by atoms with Gasteiger partial charge in [0.2, 0.25) is 6.29 Å². The molecule has 0 N–H and O–H groups in total. The summed E-state index contributed by atoms with van der Waals surface area (Å²) in [4.78, 5) is 4.41. The molecule has 1 aliphatic heterocycles. The molecule has 0 atom stereocenters. The number of aromatic nitrogens is 1. The standard InChI is InChI=1S/C15H14BrNO3/c16-13-7-6-12(14(17-13)15-18-8-9-19-15)20-10-11-4-2-1-3-5-11/h1-7,15H,8-10H2. The lowest BCUT2D eigenvalue weighted by Crippen LogP contribution is -2.06. The molecule has 2 aromatic rings. The summed E-state index contributed by atoms with van der Waals surface area (Å²) in [5.41, 5.74) is 1.78. The first kappa shape index (κ1) is 13.5. The van der Waals surface area contributed by atoms with Crippen molar-refractivity contribution >= 4 is 15.9 Å². The smallest absolute Gasteiger partial charge is 0.205 e. The summed E-state index contributed by atoms with van der Waals surface area (Å²) in [5.74, 6) is 0.684. The van der Waals surface area contributed by atoms with Gasteiger partial charge in [-0.2, -0.15) is 0 Å². The zero-order chi connectivity index (χ0) is 13.8. The van der Waals surface area contributed by atoms with E-state index >= 15 is 0 Å². The second-order valence-electron chi connectivity index (χ2n) is 4.37. The zero-order valence-electron chi connectivity index (χ0n) is 10.8. The zero-order valence-corrected chi connectivity index (χ0v) is 12.4. The summed E-state index contributed by atoms with van der Waals surface area (Å²) in [6.45, 7) is 1.65. The highest BCUT2D eigenvalue weighted by Gasteiger charge is 2.24. The van der Waals surface area contributed by atoms with Crippen LogP contribution in [0.3, 0.4) is 0 Å². The van der Waals surface area contributed by atoms with E-state index in [0.717, 1.165) is 10.2 Å². The van der Waals surface area contributed by atoms with E-state index in [2.05, 4.69) is 20.9 Å². The number of ether oxygens (including phenoxy) is 3. The molecule has 0 amide bonds. The largest absolute Gasteiger partial charge is 0.487 e. The molecule has 3 rings (SSSR count). The normalized spacial score (nSPS) is 15.4. The lowest BCUT2D eigenvalue weighted by Gasteiger charge is -2.14. The Kier molecular flexibility index (Phi) is 4.30. The van der Waals surface area contributed by atoms with Gasteiger partial charge in [0.05, 0.1) is 13.2 Å². The average molecular weight is 336 g/mol. The lowest BCUT2D eigenvalue weighted by molar-refractivity contribution is -0.0492. The van der Waals surface area contributed by atoms with Crippen LogP contribution >= 0.6 is 15.9 Å². The summed E-state index contributed by atoms with van der Waals surface area (Å²) in [6, 6.07) is 13.7. The maximum Gasteiger partial charge on any atom is 0.205 e. The number of benzene rings is 1. The molecule has 5 heteroatoms. The maximum atomic E-state index is 5.85. The Morgan fingerprint density at radius 3 is 2.60 bits per heavy atom. The van der Waals surface area contributed by atoms with Gasteiger partial charge >= 0.3 is 0 Å². The van der Waals surface area contributed by atoms with E-state index in [9.17, 15) is 0 Å². The molecule has 20 heavy (non-hydrogen) atoms. The molecule has 0 saturated carbocycles. The van der Waals surface area contributed by atoms with Gasteiger partial charge in [0.15, 0.2) is 0 Å². The minimum absolute atomic E-state index is 0.446. The van der Waals surface area contributed by atoms with Crippen molar-refractivity contribution in [1.29, 1.82) is 0 Å². The third-order valence-electron chi connectivity index (χ3n) is 2.93. The van der Waals surface area contributed by atoms with Gasteiger partial charge in [-0.15, -0.1) is 0 Å². The molecule has 104 valence electrons. The molecule has 1 aliphatic rings. The van der Waals surface area contributed by atoms with Gasteiger partial charge in [0, 0.05) is 0 Å². The number of nitrogens with zero attached hydrogens (tertiary/aromatic N) is 1. The molecule has 1 saturated heterocycles. The van der Waals surface area contributed by atoms with Crippen LogP contribution in [-0.4, -0.2) is 18.2 Å². The van der Waals surface area contributed by atoms with Gasteiger partial charge in [-0.3, -0.25) is 0 Å². The lowest BCUT2D eigenvalue weighted by atomic mass is 10.2. The first-order chi connectivity index (χ1) is 9.83. The van der Waals surface area contributed by atoms with E-state index in [1.807, 2.05) is 42.5 Å². The molecule has 0 unspecified atom stereocenters. The van der Waals surface area contributed by atoms with E-state index in [0.29, 0.717) is 31.3 Å². The van der Waals surface area contributed by atoms with Crippen LogP contribution in [0.25, 0.3) is 0 Å². The molecule has 1 fully saturated rings. The van der Waals surface area contributed by atoms with E-state index in [1.54, 1.807) is 0 Å². The SMILES string of the molecule is Brc1ccc(OCc2ccccc2)c(C2OCCO2)n1. The van der Waals surface area contributed by atoms with Gasteiger partial charge in [-0.25, -0.2) is 4.98 Å². The molecule has 2 heterocycles. The van der Waals surface area contributed by atoms with Crippen LogP contribution in [-0.2, 0) is 16.1 Å². The summed E-state index contributed by atoms with van der Waals surface area (Å²) < 4.78 is 17.6. The van der Waals surface area contributed by atoms with E-state index < -0.39 is 6.29 Å². The van der Waals surface area contributed by atoms with E-state index in [-0.39, 0.29) is 0 Å². The molecular formula is C15H14BrNO3. The predicted molar refractivity (Wildman–Crippen MR) is 77.4 cm³/mol. The summed E-state index contributed by atoms with van der Waals surface area (Å²) in [5, 5.41) is 0. The van der Waals surface area contributed by atoms with Crippen LogP contribution in [0.5, 0.6) is 5.75 Å². The monoisotopic (exact) mass is 335 g/mol. The van der Waals surface area contributed by atoms with Gasteiger partial charge in [-0.1, -0.05) is 30.3 Å². The van der Waals surface area contributed by atoms with Crippen LogP contribution in [0.15, 0.2) is 47.1 Å². The maximum absolute atomic E-state index is 5.85. The Morgan fingerprint density at radius 2 is 1.85 bits per heavy atom. The van der Waals surface area contributed by atoms with Crippen molar-refractivity contribution < 1.29 is 14.2 Å². The Bertz CT molecular complexity index is 571. The van der Waals surface area contributed by atoms with E-state index in [4.69, 9.17) is 14.2 Å². The quantitative estimate of drug-likeness (QED) is 0.802. The molecule has 0 radical (unpaired) electrons. The van der Waals surface area contributed by atoms with Crippen LogP contribution < -0.4 is 4.74 Å². The third kappa shape index (κ3) is 3.17. The molecule has 4 nitrogen and oxygen atoms in total. The minimum Gasteiger partial charge on any atom is -0.487 e. The molecule has 1 aromatic heterocycles. The van der Waals surface area contributed by atoms with Crippen molar-refractivity contribution in [2.24, 2.45) is 0 Å². The first-order valence-electron chi connectivity index (χ1n) is 6.39. The Balaban J connectivity index is 1.78. The van der Waals surface area contributed by atoms with Crippen molar-refractivity contribution in [3.05, 3.63) is 58.3 Å². The predicted octanol–water partition coefficient (Wildman–Crippen LogP) is 3.47. The number of rotatable bonds is 4. The number of halogens is 1. The molecular weight excluding hydrogens is 322 g/mol. The summed E-state index contributed by atoms with van der Waals surface area (Å²) in [7, 11) is 0. The summed E-state index contributed by atoms with van der Waals surface area (Å²) in [6.07, 6.45) is -0.446. The Labute approximate surface area is 125 Å². The van der Waals surface area contributed by atoms with Gasteiger partial charge < -0.3 is 14.2 Å². The second kappa shape index (κ2) is 6.35. The Hall–Kier alpha value is -1.43. The highest BCUT2D eigenvalue weighted by Crippen LogP contribution is 2.31. The summed E-state index contributed by atoms with van der Waals surface area (Å²) >= 11 is 3.36. The van der Waals surface area contributed by atoms with Crippen LogP contribution in [0.2, 0.25) is 0 Å². The van der Waals surface area contributed by atoms with Gasteiger partial charge in [0.25, 0.3) is 0 Å². The Morgan fingerprint density at radius 1 is 1.10 bits per heavy atom.